The molecule has 0 unspecified atom stereocenters. The lowest BCUT2D eigenvalue weighted by atomic mass is 10.0. The molecule has 0 radical (unpaired) electrons. The van der Waals surface area contributed by atoms with E-state index in [1.54, 1.807) is 19.2 Å². The number of rotatable bonds is 8. The van der Waals surface area contributed by atoms with E-state index in [1.165, 1.54) is 18.9 Å². The third-order valence-electron chi connectivity index (χ3n) is 5.15. The Balaban J connectivity index is 1.49. The molecule has 0 aromatic heterocycles. The van der Waals surface area contributed by atoms with E-state index in [1.807, 2.05) is 12.1 Å². The van der Waals surface area contributed by atoms with E-state index in [-0.39, 0.29) is 5.75 Å². The van der Waals surface area contributed by atoms with E-state index in [0.29, 0.717) is 18.3 Å². The molecule has 3 rings (SSSR count). The minimum absolute atomic E-state index is 0.0892. The molecule has 0 saturated carbocycles. The van der Waals surface area contributed by atoms with Gasteiger partial charge in [-0.1, -0.05) is 6.07 Å². The van der Waals surface area contributed by atoms with Crippen molar-refractivity contribution in [3.63, 3.8) is 0 Å². The molecule has 1 N–H and O–H groups in total. The first-order valence-electron chi connectivity index (χ1n) is 9.87. The molecular weight excluding hydrogens is 397 g/mol. The highest BCUT2D eigenvalue weighted by Crippen LogP contribution is 2.30. The zero-order valence-corrected chi connectivity index (χ0v) is 17.2. The van der Waals surface area contributed by atoms with Gasteiger partial charge in [0.05, 0.1) is 14.2 Å². The molecule has 30 heavy (non-hydrogen) atoms. The van der Waals surface area contributed by atoms with Gasteiger partial charge in [-0.05, 0) is 54.8 Å². The number of ether oxygens (including phenoxy) is 3. The van der Waals surface area contributed by atoms with Crippen LogP contribution in [-0.2, 0) is 6.54 Å². The number of hydrogen-bond donors (Lipinski definition) is 1. The largest absolute Gasteiger partial charge is 0.497 e. The average Bonchev–Trinajstić information content (AvgIpc) is 2.76. The fraction of sp³-hybridized carbons (Fsp3) is 0.455. The summed E-state index contributed by atoms with van der Waals surface area (Å²) < 4.78 is 52.3. The average molecular weight is 424 g/mol. The molecule has 0 atom stereocenters. The first-order valence-corrected chi connectivity index (χ1v) is 9.87. The molecule has 1 saturated heterocycles. The van der Waals surface area contributed by atoms with Crippen LogP contribution >= 0.6 is 0 Å². The van der Waals surface area contributed by atoms with E-state index in [2.05, 4.69) is 22.3 Å². The number of nitrogens with zero attached hydrogens (tertiary/aromatic N) is 1. The summed E-state index contributed by atoms with van der Waals surface area (Å²) in [7, 11) is 3.08. The highest BCUT2D eigenvalue weighted by atomic mass is 19.4. The molecular formula is C22H27F3N2O3. The number of nitrogens with one attached hydrogen (secondary N) is 1. The van der Waals surface area contributed by atoms with Crippen molar-refractivity contribution in [2.24, 2.45) is 0 Å². The van der Waals surface area contributed by atoms with E-state index >= 15 is 0 Å². The second kappa shape index (κ2) is 9.93. The number of hydrogen-bond acceptors (Lipinski definition) is 5. The number of benzene rings is 2. The Morgan fingerprint density at radius 3 is 2.27 bits per heavy atom. The van der Waals surface area contributed by atoms with Crippen molar-refractivity contribution in [3.8, 4) is 17.2 Å². The van der Waals surface area contributed by atoms with Crippen molar-refractivity contribution >= 4 is 5.69 Å². The Hall–Kier alpha value is -2.61. The standard InChI is InChI=1S/C22H27F3N2O3/c1-28-19-6-4-18(5-7-19)27-11-9-17(10-12-27)26-14-16-3-8-20(21(13-16)29-2)30-15-22(23,24)25/h3-8,13,17,26H,9-12,14-15H2,1-2H3. The van der Waals surface area contributed by atoms with Crippen LogP contribution in [0.15, 0.2) is 42.5 Å². The van der Waals surface area contributed by atoms with Crippen LogP contribution in [0.4, 0.5) is 18.9 Å². The molecule has 2 aromatic rings. The molecule has 0 aliphatic carbocycles. The Labute approximate surface area is 174 Å². The summed E-state index contributed by atoms with van der Waals surface area (Å²) in [6, 6.07) is 13.5. The van der Waals surface area contributed by atoms with Crippen LogP contribution < -0.4 is 24.4 Å². The molecule has 1 fully saturated rings. The highest BCUT2D eigenvalue weighted by Gasteiger charge is 2.29. The first-order chi connectivity index (χ1) is 14.4. The maximum Gasteiger partial charge on any atom is 0.422 e. The maximum atomic E-state index is 12.4. The van der Waals surface area contributed by atoms with Crippen molar-refractivity contribution in [3.05, 3.63) is 48.0 Å². The topological polar surface area (TPSA) is 43.0 Å². The van der Waals surface area contributed by atoms with Crippen LogP contribution in [0.3, 0.4) is 0 Å². The Morgan fingerprint density at radius 2 is 1.67 bits per heavy atom. The lowest BCUT2D eigenvalue weighted by Crippen LogP contribution is -2.42. The van der Waals surface area contributed by atoms with Gasteiger partial charge in [0.15, 0.2) is 18.1 Å². The quantitative estimate of drug-likeness (QED) is 0.680. The van der Waals surface area contributed by atoms with E-state index in [4.69, 9.17) is 14.2 Å². The number of methoxy groups -OCH3 is 2. The molecule has 164 valence electrons. The monoisotopic (exact) mass is 424 g/mol. The summed E-state index contributed by atoms with van der Waals surface area (Å²) in [6.45, 7) is 1.19. The maximum absolute atomic E-state index is 12.4. The zero-order chi connectivity index (χ0) is 21.6. The van der Waals surface area contributed by atoms with Gasteiger partial charge in [-0.3, -0.25) is 0 Å². The van der Waals surface area contributed by atoms with Gasteiger partial charge in [0, 0.05) is 31.4 Å². The van der Waals surface area contributed by atoms with Crippen LogP contribution in [-0.4, -0.2) is 46.1 Å². The van der Waals surface area contributed by atoms with Gasteiger partial charge in [-0.25, -0.2) is 0 Å². The molecule has 5 nitrogen and oxygen atoms in total. The summed E-state index contributed by atoms with van der Waals surface area (Å²) in [6.07, 6.45) is -2.36. The molecule has 8 heteroatoms. The van der Waals surface area contributed by atoms with Crippen LogP contribution in [0.2, 0.25) is 0 Å². The minimum atomic E-state index is -4.38. The van der Waals surface area contributed by atoms with Crippen molar-refractivity contribution in [1.29, 1.82) is 0 Å². The molecule has 1 heterocycles. The SMILES string of the molecule is COc1ccc(N2CCC(NCc3ccc(OCC(F)(F)F)c(OC)c3)CC2)cc1. The van der Waals surface area contributed by atoms with Gasteiger partial charge in [-0.15, -0.1) is 0 Å². The van der Waals surface area contributed by atoms with Crippen LogP contribution in [0.5, 0.6) is 17.2 Å². The third kappa shape index (κ3) is 6.19. The third-order valence-corrected chi connectivity index (χ3v) is 5.15. The van der Waals surface area contributed by atoms with Crippen LogP contribution in [0.25, 0.3) is 0 Å². The fourth-order valence-corrected chi connectivity index (χ4v) is 3.50. The number of anilines is 1. The van der Waals surface area contributed by atoms with Crippen molar-refractivity contribution < 1.29 is 27.4 Å². The lowest BCUT2D eigenvalue weighted by molar-refractivity contribution is -0.153. The van der Waals surface area contributed by atoms with Crippen molar-refractivity contribution in [2.45, 2.75) is 31.6 Å². The molecule has 2 aromatic carbocycles. The van der Waals surface area contributed by atoms with E-state index in [0.717, 1.165) is 37.2 Å². The summed E-state index contributed by atoms with van der Waals surface area (Å²) in [5.74, 6) is 1.24. The van der Waals surface area contributed by atoms with Gasteiger partial charge in [0.1, 0.15) is 5.75 Å². The van der Waals surface area contributed by atoms with Gasteiger partial charge < -0.3 is 24.4 Å². The predicted octanol–water partition coefficient (Wildman–Crippen LogP) is 4.40. The second-order valence-corrected chi connectivity index (χ2v) is 7.23. The Morgan fingerprint density at radius 1 is 0.967 bits per heavy atom. The van der Waals surface area contributed by atoms with Gasteiger partial charge in [0.25, 0.3) is 0 Å². The highest BCUT2D eigenvalue weighted by molar-refractivity contribution is 5.49. The summed E-state index contributed by atoms with van der Waals surface area (Å²) in [4.78, 5) is 2.35. The molecule has 0 spiro atoms. The number of halogens is 3. The normalized spacial score (nSPS) is 15.2. The van der Waals surface area contributed by atoms with Crippen molar-refractivity contribution in [1.82, 2.24) is 5.32 Å². The molecule has 1 aliphatic heterocycles. The van der Waals surface area contributed by atoms with Crippen molar-refractivity contribution in [2.75, 3.05) is 38.8 Å². The second-order valence-electron chi connectivity index (χ2n) is 7.23. The molecule has 0 amide bonds. The minimum Gasteiger partial charge on any atom is -0.497 e. The smallest absolute Gasteiger partial charge is 0.422 e. The summed E-state index contributed by atoms with van der Waals surface area (Å²) in [5, 5.41) is 3.53. The van der Waals surface area contributed by atoms with E-state index < -0.39 is 12.8 Å². The Bertz CT molecular complexity index is 804. The predicted molar refractivity (Wildman–Crippen MR) is 110 cm³/mol. The van der Waals surface area contributed by atoms with Gasteiger partial charge in [0.2, 0.25) is 0 Å². The molecule has 0 bridgehead atoms. The van der Waals surface area contributed by atoms with Crippen LogP contribution in [0.1, 0.15) is 18.4 Å². The number of piperidine rings is 1. The first kappa shape index (κ1) is 22.1. The molecule has 1 aliphatic rings. The summed E-state index contributed by atoms with van der Waals surface area (Å²) >= 11 is 0. The van der Waals surface area contributed by atoms with E-state index in [9.17, 15) is 13.2 Å². The Kier molecular flexibility index (Phi) is 7.31. The lowest BCUT2D eigenvalue weighted by Gasteiger charge is -2.34. The summed E-state index contributed by atoms with van der Waals surface area (Å²) in [5.41, 5.74) is 2.12. The van der Waals surface area contributed by atoms with Crippen LogP contribution in [0, 0.1) is 0 Å². The number of alkyl halides is 3. The van der Waals surface area contributed by atoms with Gasteiger partial charge >= 0.3 is 6.18 Å². The fourth-order valence-electron chi connectivity index (χ4n) is 3.50. The zero-order valence-electron chi connectivity index (χ0n) is 17.2. The van der Waals surface area contributed by atoms with Gasteiger partial charge in [-0.2, -0.15) is 13.2 Å².